The van der Waals surface area contributed by atoms with E-state index in [1.54, 1.807) is 6.92 Å². The third kappa shape index (κ3) is 1.98. The summed E-state index contributed by atoms with van der Waals surface area (Å²) < 4.78 is 7.25. The number of aryl methyl sites for hydroxylation is 1. The van der Waals surface area contributed by atoms with Gasteiger partial charge >= 0.3 is 0 Å². The van der Waals surface area contributed by atoms with Crippen LogP contribution in [-0.4, -0.2) is 10.1 Å². The summed E-state index contributed by atoms with van der Waals surface area (Å²) in [5.74, 6) is 1.21. The predicted molar refractivity (Wildman–Crippen MR) is 64.9 cm³/mol. The van der Waals surface area contributed by atoms with E-state index in [9.17, 15) is 0 Å². The van der Waals surface area contributed by atoms with Crippen molar-refractivity contribution in [2.24, 2.45) is 0 Å². The van der Waals surface area contributed by atoms with Crippen LogP contribution in [-0.2, 0) is 0 Å². The van der Waals surface area contributed by atoms with E-state index in [1.165, 1.54) is 0 Å². The van der Waals surface area contributed by atoms with Crippen LogP contribution in [0.1, 0.15) is 5.82 Å². The van der Waals surface area contributed by atoms with Crippen molar-refractivity contribution < 1.29 is 4.52 Å². The highest BCUT2D eigenvalue weighted by molar-refractivity contribution is 14.1. The van der Waals surface area contributed by atoms with Gasteiger partial charge < -0.3 is 4.52 Å². The Hall–Kier alpha value is -0.430. The summed E-state index contributed by atoms with van der Waals surface area (Å²) in [6.07, 6.45) is 0. The number of halogens is 2. The lowest BCUT2D eigenvalue weighted by atomic mass is 10.2. The zero-order valence-corrected chi connectivity index (χ0v) is 11.0. The molecule has 0 aliphatic carbocycles. The van der Waals surface area contributed by atoms with Crippen molar-refractivity contribution in [1.82, 2.24) is 10.1 Å². The Morgan fingerprint density at radius 1 is 1.43 bits per heavy atom. The van der Waals surface area contributed by atoms with Crippen LogP contribution in [0.25, 0.3) is 11.5 Å². The van der Waals surface area contributed by atoms with Crippen molar-refractivity contribution in [2.45, 2.75) is 6.92 Å². The molecule has 3 nitrogen and oxygen atoms in total. The number of aromatic nitrogens is 2. The fraction of sp³-hybridized carbons (Fsp3) is 0.111. The zero-order valence-electron chi connectivity index (χ0n) is 7.29. The number of hydrogen-bond donors (Lipinski definition) is 0. The summed E-state index contributed by atoms with van der Waals surface area (Å²) in [7, 11) is 0. The van der Waals surface area contributed by atoms with Crippen molar-refractivity contribution in [2.75, 3.05) is 0 Å². The molecule has 0 atom stereocenters. The molecule has 14 heavy (non-hydrogen) atoms. The Kier molecular flexibility index (Phi) is 2.87. The molecule has 0 aliphatic rings. The van der Waals surface area contributed by atoms with Crippen LogP contribution in [0.15, 0.2) is 27.2 Å². The first-order chi connectivity index (χ1) is 6.66. The summed E-state index contributed by atoms with van der Waals surface area (Å²) in [5.41, 5.74) is 0.943. The van der Waals surface area contributed by atoms with E-state index in [1.807, 2.05) is 18.2 Å². The Morgan fingerprint density at radius 2 is 2.21 bits per heavy atom. The molecule has 0 bridgehead atoms. The van der Waals surface area contributed by atoms with Crippen LogP contribution in [0, 0.1) is 10.5 Å². The molecule has 2 aromatic rings. The molecule has 2 rings (SSSR count). The normalized spacial score (nSPS) is 10.5. The van der Waals surface area contributed by atoms with Crippen molar-refractivity contribution in [3.63, 3.8) is 0 Å². The molecule has 0 amide bonds. The second kappa shape index (κ2) is 3.98. The molecular weight excluding hydrogens is 359 g/mol. The number of nitrogens with zero attached hydrogens (tertiary/aromatic N) is 2. The van der Waals surface area contributed by atoms with Crippen LogP contribution in [0.4, 0.5) is 0 Å². The number of hydrogen-bond acceptors (Lipinski definition) is 3. The molecule has 0 unspecified atom stereocenters. The van der Waals surface area contributed by atoms with Gasteiger partial charge in [0.1, 0.15) is 0 Å². The highest BCUT2D eigenvalue weighted by Crippen LogP contribution is 2.25. The summed E-state index contributed by atoms with van der Waals surface area (Å²) in [4.78, 5) is 4.16. The predicted octanol–water partition coefficient (Wildman–Crippen LogP) is 3.41. The van der Waals surface area contributed by atoms with E-state index >= 15 is 0 Å². The van der Waals surface area contributed by atoms with E-state index in [-0.39, 0.29) is 0 Å². The minimum atomic E-state index is 0.563. The van der Waals surface area contributed by atoms with Gasteiger partial charge in [-0.3, -0.25) is 0 Å². The maximum Gasteiger partial charge on any atom is 0.257 e. The summed E-state index contributed by atoms with van der Waals surface area (Å²) in [5, 5.41) is 3.74. The molecule has 5 heteroatoms. The maximum absolute atomic E-state index is 5.07. The van der Waals surface area contributed by atoms with Crippen molar-refractivity contribution in [3.8, 4) is 11.5 Å². The monoisotopic (exact) mass is 364 g/mol. The first-order valence-corrected chi connectivity index (χ1v) is 5.80. The third-order valence-corrected chi connectivity index (χ3v) is 4.02. The Labute approximate surface area is 103 Å². The SMILES string of the molecule is Cc1noc(-c2ccc(Br)c(I)c2)n1. The van der Waals surface area contributed by atoms with Gasteiger partial charge in [-0.15, -0.1) is 0 Å². The molecule has 0 aliphatic heterocycles. The first kappa shape index (κ1) is 10.1. The molecule has 0 N–H and O–H groups in total. The second-order valence-electron chi connectivity index (χ2n) is 2.78. The average molecular weight is 365 g/mol. The van der Waals surface area contributed by atoms with E-state index in [0.717, 1.165) is 13.6 Å². The highest BCUT2D eigenvalue weighted by atomic mass is 127. The van der Waals surface area contributed by atoms with Crippen LogP contribution in [0.3, 0.4) is 0 Å². The Bertz CT molecular complexity index is 470. The van der Waals surface area contributed by atoms with Gasteiger partial charge in [0.2, 0.25) is 0 Å². The summed E-state index contributed by atoms with van der Waals surface area (Å²) in [6, 6.07) is 5.91. The van der Waals surface area contributed by atoms with Crippen LogP contribution in [0.2, 0.25) is 0 Å². The Balaban J connectivity index is 2.47. The van der Waals surface area contributed by atoms with Gasteiger partial charge in [0.05, 0.1) is 0 Å². The maximum atomic E-state index is 5.07. The molecular formula is C9H6BrIN2O. The van der Waals surface area contributed by atoms with Crippen molar-refractivity contribution in [1.29, 1.82) is 0 Å². The molecule has 1 heterocycles. The molecule has 72 valence electrons. The number of rotatable bonds is 1. The van der Waals surface area contributed by atoms with Crippen LogP contribution in [0.5, 0.6) is 0 Å². The fourth-order valence-electron chi connectivity index (χ4n) is 1.04. The van der Waals surface area contributed by atoms with E-state index in [4.69, 9.17) is 4.52 Å². The lowest BCUT2D eigenvalue weighted by Gasteiger charge is -1.97. The lowest BCUT2D eigenvalue weighted by Crippen LogP contribution is -1.81. The molecule has 0 radical (unpaired) electrons. The summed E-state index contributed by atoms with van der Waals surface area (Å²) in [6.45, 7) is 1.80. The smallest absolute Gasteiger partial charge is 0.257 e. The standard InChI is InChI=1S/C9H6BrIN2O/c1-5-12-9(14-13-5)6-2-3-7(10)8(11)4-6/h2-4H,1H3. The van der Waals surface area contributed by atoms with Gasteiger partial charge in [-0.1, -0.05) is 5.16 Å². The zero-order chi connectivity index (χ0) is 10.1. The van der Waals surface area contributed by atoms with Crippen molar-refractivity contribution in [3.05, 3.63) is 32.1 Å². The third-order valence-electron chi connectivity index (χ3n) is 1.69. The topological polar surface area (TPSA) is 38.9 Å². The van der Waals surface area contributed by atoms with Gasteiger partial charge in [-0.2, -0.15) is 4.98 Å². The van der Waals surface area contributed by atoms with E-state index in [0.29, 0.717) is 11.7 Å². The largest absolute Gasteiger partial charge is 0.334 e. The second-order valence-corrected chi connectivity index (χ2v) is 4.79. The van der Waals surface area contributed by atoms with Gasteiger partial charge in [-0.05, 0) is 63.6 Å². The molecule has 0 fully saturated rings. The van der Waals surface area contributed by atoms with Gasteiger partial charge in [0.25, 0.3) is 5.89 Å². The minimum absolute atomic E-state index is 0.563. The average Bonchev–Trinajstić information content (AvgIpc) is 2.57. The van der Waals surface area contributed by atoms with Gasteiger partial charge in [-0.25, -0.2) is 0 Å². The van der Waals surface area contributed by atoms with Crippen LogP contribution < -0.4 is 0 Å². The lowest BCUT2D eigenvalue weighted by molar-refractivity contribution is 0.425. The molecule has 1 aromatic carbocycles. The molecule has 0 spiro atoms. The Morgan fingerprint density at radius 3 is 2.79 bits per heavy atom. The van der Waals surface area contributed by atoms with E-state index < -0.39 is 0 Å². The van der Waals surface area contributed by atoms with Crippen LogP contribution >= 0.6 is 38.5 Å². The molecule has 0 saturated carbocycles. The summed E-state index contributed by atoms with van der Waals surface area (Å²) >= 11 is 5.68. The first-order valence-electron chi connectivity index (χ1n) is 3.92. The minimum Gasteiger partial charge on any atom is -0.334 e. The fourth-order valence-corrected chi connectivity index (χ4v) is 1.81. The van der Waals surface area contributed by atoms with Gasteiger partial charge in [0.15, 0.2) is 5.82 Å². The quantitative estimate of drug-likeness (QED) is 0.728. The van der Waals surface area contributed by atoms with E-state index in [2.05, 4.69) is 48.7 Å². The van der Waals surface area contributed by atoms with Gasteiger partial charge in [0, 0.05) is 13.6 Å². The number of benzene rings is 1. The van der Waals surface area contributed by atoms with Crippen molar-refractivity contribution >= 4 is 38.5 Å². The highest BCUT2D eigenvalue weighted by Gasteiger charge is 2.07. The molecule has 0 saturated heterocycles. The molecule has 1 aromatic heterocycles.